The molecule has 1 heterocycles. The third kappa shape index (κ3) is 3.25. The molecule has 0 unspecified atom stereocenters. The van der Waals surface area contributed by atoms with Crippen molar-refractivity contribution >= 4 is 16.0 Å². The first-order valence-electron chi connectivity index (χ1n) is 5.94. The fourth-order valence-electron chi connectivity index (χ4n) is 1.83. The molecule has 0 aliphatic rings. The van der Waals surface area contributed by atoms with Gasteiger partial charge < -0.3 is 10.1 Å². The lowest BCUT2D eigenvalue weighted by molar-refractivity contribution is 0.0695. The van der Waals surface area contributed by atoms with Crippen molar-refractivity contribution in [2.45, 2.75) is 11.3 Å². The van der Waals surface area contributed by atoms with E-state index in [0.717, 1.165) is 0 Å². The molecule has 106 valence electrons. The van der Waals surface area contributed by atoms with Gasteiger partial charge >= 0.3 is 5.97 Å². The van der Waals surface area contributed by atoms with Crippen LogP contribution >= 0.6 is 0 Å². The van der Waals surface area contributed by atoms with Gasteiger partial charge in [0.25, 0.3) is 0 Å². The Morgan fingerprint density at radius 1 is 1.25 bits per heavy atom. The minimum absolute atomic E-state index is 0.137. The second kappa shape index (κ2) is 5.89. The number of aromatic carboxylic acids is 1. The van der Waals surface area contributed by atoms with Gasteiger partial charge in [-0.05, 0) is 24.1 Å². The van der Waals surface area contributed by atoms with Crippen LogP contribution in [-0.2, 0) is 16.4 Å². The van der Waals surface area contributed by atoms with Crippen molar-refractivity contribution in [3.05, 3.63) is 53.9 Å². The quantitative estimate of drug-likeness (QED) is 0.746. The molecule has 6 nitrogen and oxygen atoms in total. The minimum atomic E-state index is -3.55. The molecular formula is C13H14N2O4S. The number of rotatable bonds is 6. The fraction of sp³-hybridized carbons (Fsp3) is 0.154. The predicted octanol–water partition coefficient (Wildman–Crippen LogP) is 1.23. The lowest BCUT2D eigenvalue weighted by Crippen LogP contribution is -2.26. The van der Waals surface area contributed by atoms with E-state index in [1.54, 1.807) is 18.2 Å². The van der Waals surface area contributed by atoms with Crippen LogP contribution in [0.2, 0.25) is 0 Å². The van der Waals surface area contributed by atoms with E-state index in [2.05, 4.69) is 9.71 Å². The smallest absolute Gasteiger partial charge is 0.335 e. The first-order valence-corrected chi connectivity index (χ1v) is 7.42. The van der Waals surface area contributed by atoms with Gasteiger partial charge in [0.1, 0.15) is 0 Å². The van der Waals surface area contributed by atoms with Gasteiger partial charge in [-0.15, -0.1) is 0 Å². The Balaban J connectivity index is 2.02. The molecule has 0 fully saturated rings. The Hall–Kier alpha value is -2.12. The van der Waals surface area contributed by atoms with E-state index in [4.69, 9.17) is 5.11 Å². The number of sulfonamides is 1. The average molecular weight is 294 g/mol. The molecule has 0 bridgehead atoms. The first-order chi connectivity index (χ1) is 9.50. The molecule has 7 heteroatoms. The summed E-state index contributed by atoms with van der Waals surface area (Å²) in [6.07, 6.45) is 3.22. The lowest BCUT2D eigenvalue weighted by atomic mass is 10.1. The average Bonchev–Trinajstić information content (AvgIpc) is 2.93. The third-order valence-electron chi connectivity index (χ3n) is 2.81. The molecule has 2 aromatic rings. The van der Waals surface area contributed by atoms with E-state index in [1.165, 1.54) is 24.5 Å². The number of carbonyl (C=O) groups is 1. The molecule has 0 saturated carbocycles. The predicted molar refractivity (Wildman–Crippen MR) is 73.1 cm³/mol. The number of hydrogen-bond donors (Lipinski definition) is 3. The van der Waals surface area contributed by atoms with Crippen LogP contribution in [0.25, 0.3) is 0 Å². The molecule has 0 aliphatic carbocycles. The highest BCUT2D eigenvalue weighted by molar-refractivity contribution is 7.89. The van der Waals surface area contributed by atoms with E-state index in [1.807, 2.05) is 0 Å². The van der Waals surface area contributed by atoms with Gasteiger partial charge in [-0.3, -0.25) is 0 Å². The molecule has 0 spiro atoms. The number of benzene rings is 1. The third-order valence-corrected chi connectivity index (χ3v) is 4.27. The van der Waals surface area contributed by atoms with E-state index >= 15 is 0 Å². The molecule has 1 aromatic heterocycles. The molecule has 0 amide bonds. The first kappa shape index (κ1) is 14.3. The van der Waals surface area contributed by atoms with Crippen LogP contribution in [-0.4, -0.2) is 31.0 Å². The molecule has 0 saturated heterocycles. The lowest BCUT2D eigenvalue weighted by Gasteiger charge is -2.07. The summed E-state index contributed by atoms with van der Waals surface area (Å²) in [5.41, 5.74) is 0.783. The summed E-state index contributed by atoms with van der Waals surface area (Å²) < 4.78 is 26.1. The van der Waals surface area contributed by atoms with Crippen LogP contribution in [0.1, 0.15) is 15.9 Å². The Morgan fingerprint density at radius 3 is 2.65 bits per heavy atom. The van der Waals surface area contributed by atoms with Gasteiger partial charge in [-0.2, -0.15) is 0 Å². The summed E-state index contributed by atoms with van der Waals surface area (Å²) >= 11 is 0. The van der Waals surface area contributed by atoms with Crippen molar-refractivity contribution in [1.82, 2.24) is 9.71 Å². The largest absolute Gasteiger partial charge is 0.478 e. The highest BCUT2D eigenvalue weighted by Gasteiger charge is 2.14. The summed E-state index contributed by atoms with van der Waals surface area (Å²) in [4.78, 5) is 13.9. The van der Waals surface area contributed by atoms with E-state index < -0.39 is 16.0 Å². The van der Waals surface area contributed by atoms with Crippen molar-refractivity contribution in [1.29, 1.82) is 0 Å². The van der Waals surface area contributed by atoms with Crippen LogP contribution in [0.4, 0.5) is 0 Å². The Labute approximate surface area is 116 Å². The number of carboxylic acid groups (broad SMARTS) is 1. The van der Waals surface area contributed by atoms with Crippen molar-refractivity contribution in [2.75, 3.05) is 6.54 Å². The summed E-state index contributed by atoms with van der Waals surface area (Å²) in [7, 11) is -3.55. The van der Waals surface area contributed by atoms with Crippen molar-refractivity contribution < 1.29 is 18.3 Å². The number of hydrogen-bond acceptors (Lipinski definition) is 3. The monoisotopic (exact) mass is 294 g/mol. The normalized spacial score (nSPS) is 11.4. The Kier molecular flexibility index (Phi) is 4.21. The van der Waals surface area contributed by atoms with Gasteiger partial charge in [-0.25, -0.2) is 17.9 Å². The molecule has 0 aliphatic heterocycles. The van der Waals surface area contributed by atoms with Crippen LogP contribution in [0.15, 0.2) is 47.6 Å². The van der Waals surface area contributed by atoms with Gasteiger partial charge in [0.2, 0.25) is 10.0 Å². The Bertz CT molecular complexity index is 693. The van der Waals surface area contributed by atoms with E-state index in [0.29, 0.717) is 12.0 Å². The number of aromatic nitrogens is 1. The SMILES string of the molecule is O=C(O)c1ccccc1CCNS(=O)(=O)c1cc[nH]c1. The number of aromatic amines is 1. The van der Waals surface area contributed by atoms with Crippen LogP contribution in [0.3, 0.4) is 0 Å². The number of carboxylic acids is 1. The highest BCUT2D eigenvalue weighted by Crippen LogP contribution is 2.10. The summed E-state index contributed by atoms with van der Waals surface area (Å²) in [5, 5.41) is 9.03. The van der Waals surface area contributed by atoms with Crippen LogP contribution in [0, 0.1) is 0 Å². The van der Waals surface area contributed by atoms with Crippen LogP contribution in [0.5, 0.6) is 0 Å². The zero-order valence-electron chi connectivity index (χ0n) is 10.5. The Morgan fingerprint density at radius 2 is 2.00 bits per heavy atom. The van der Waals surface area contributed by atoms with Crippen molar-refractivity contribution in [3.63, 3.8) is 0 Å². The summed E-state index contributed by atoms with van der Waals surface area (Å²) in [6.45, 7) is 0.137. The van der Waals surface area contributed by atoms with Crippen molar-refractivity contribution in [3.8, 4) is 0 Å². The second-order valence-electron chi connectivity index (χ2n) is 4.16. The van der Waals surface area contributed by atoms with Gasteiger partial charge in [-0.1, -0.05) is 18.2 Å². The molecule has 3 N–H and O–H groups in total. The molecule has 20 heavy (non-hydrogen) atoms. The molecule has 2 rings (SSSR count). The molecule has 0 radical (unpaired) electrons. The summed E-state index contributed by atoms with van der Waals surface area (Å²) in [5.74, 6) is -1.02. The molecule has 1 aromatic carbocycles. The zero-order valence-corrected chi connectivity index (χ0v) is 11.4. The molecular weight excluding hydrogens is 280 g/mol. The van der Waals surface area contributed by atoms with Crippen molar-refractivity contribution in [2.24, 2.45) is 0 Å². The molecule has 0 atom stereocenters. The standard InChI is InChI=1S/C13H14N2O4S/c16-13(17)12-4-2-1-3-10(12)5-8-15-20(18,19)11-6-7-14-9-11/h1-4,6-7,9,14-15H,5,8H2,(H,16,17). The van der Waals surface area contributed by atoms with Gasteiger partial charge in [0, 0.05) is 18.9 Å². The fourth-order valence-corrected chi connectivity index (χ4v) is 2.83. The van der Waals surface area contributed by atoms with E-state index in [-0.39, 0.29) is 17.0 Å². The summed E-state index contributed by atoms with van der Waals surface area (Å²) in [6, 6.07) is 7.99. The highest BCUT2D eigenvalue weighted by atomic mass is 32.2. The minimum Gasteiger partial charge on any atom is -0.478 e. The topological polar surface area (TPSA) is 99.3 Å². The maximum atomic E-state index is 11.9. The zero-order chi connectivity index (χ0) is 14.6. The maximum absolute atomic E-state index is 11.9. The van der Waals surface area contributed by atoms with Gasteiger partial charge in [0.05, 0.1) is 10.5 Å². The van der Waals surface area contributed by atoms with E-state index in [9.17, 15) is 13.2 Å². The maximum Gasteiger partial charge on any atom is 0.335 e. The van der Waals surface area contributed by atoms with Crippen LogP contribution < -0.4 is 4.72 Å². The number of nitrogens with one attached hydrogen (secondary N) is 2. The second-order valence-corrected chi connectivity index (χ2v) is 5.92. The number of H-pyrrole nitrogens is 1. The van der Waals surface area contributed by atoms with Gasteiger partial charge in [0.15, 0.2) is 0 Å².